The predicted molar refractivity (Wildman–Crippen MR) is 80.9 cm³/mol. The van der Waals surface area contributed by atoms with Crippen molar-refractivity contribution in [3.05, 3.63) is 64.2 Å². The first-order valence-corrected chi connectivity index (χ1v) is 7.07. The summed E-state index contributed by atoms with van der Waals surface area (Å²) in [6.07, 6.45) is 1.70. The summed E-state index contributed by atoms with van der Waals surface area (Å²) in [4.78, 5) is 15.9. The molecular weight excluding hydrogens is 291 g/mol. The Morgan fingerprint density at radius 3 is 2.67 bits per heavy atom. The lowest BCUT2D eigenvalue weighted by molar-refractivity contribution is 0.0935. The lowest BCUT2D eigenvalue weighted by Crippen LogP contribution is -2.28. The Balaban J connectivity index is 2.20. The molecule has 1 N–H and O–H groups in total. The van der Waals surface area contributed by atoms with Crippen LogP contribution in [0.5, 0.6) is 0 Å². The normalized spacial score (nSPS) is 12.0. The zero-order valence-corrected chi connectivity index (χ0v) is 12.6. The van der Waals surface area contributed by atoms with Crippen molar-refractivity contribution in [2.45, 2.75) is 26.3 Å². The maximum absolute atomic E-state index is 13.2. The average Bonchev–Trinajstić information content (AvgIpc) is 2.48. The predicted octanol–water partition coefficient (Wildman–Crippen LogP) is 4.06. The van der Waals surface area contributed by atoms with Gasteiger partial charge in [0.1, 0.15) is 11.0 Å². The van der Waals surface area contributed by atoms with Gasteiger partial charge in [0.05, 0.1) is 17.8 Å². The molecule has 2 rings (SSSR count). The van der Waals surface area contributed by atoms with Crippen LogP contribution in [-0.4, -0.2) is 10.9 Å². The number of aromatic nitrogens is 1. The lowest BCUT2D eigenvalue weighted by Gasteiger charge is -2.18. The van der Waals surface area contributed by atoms with Crippen molar-refractivity contribution in [2.24, 2.45) is 0 Å². The van der Waals surface area contributed by atoms with Gasteiger partial charge in [-0.25, -0.2) is 9.37 Å². The highest BCUT2D eigenvalue weighted by Gasteiger charge is 2.17. The van der Waals surface area contributed by atoms with Gasteiger partial charge in [-0.2, -0.15) is 0 Å². The minimum Gasteiger partial charge on any atom is -0.345 e. The van der Waals surface area contributed by atoms with Crippen LogP contribution in [0.1, 0.15) is 40.9 Å². The molecule has 0 aliphatic carbocycles. The molecule has 0 bridgehead atoms. The Morgan fingerprint density at radius 1 is 1.38 bits per heavy atom. The molecule has 0 fully saturated rings. The van der Waals surface area contributed by atoms with Crippen molar-refractivity contribution in [3.8, 4) is 0 Å². The fourth-order valence-corrected chi connectivity index (χ4v) is 2.23. The van der Waals surface area contributed by atoms with E-state index in [1.54, 1.807) is 0 Å². The van der Waals surface area contributed by atoms with Crippen LogP contribution in [0.2, 0.25) is 5.15 Å². The number of rotatable bonds is 4. The zero-order chi connectivity index (χ0) is 15.4. The van der Waals surface area contributed by atoms with Crippen molar-refractivity contribution < 1.29 is 9.18 Å². The molecule has 0 aliphatic heterocycles. The van der Waals surface area contributed by atoms with E-state index >= 15 is 0 Å². The van der Waals surface area contributed by atoms with Crippen molar-refractivity contribution in [1.29, 1.82) is 0 Å². The third-order valence-corrected chi connectivity index (χ3v) is 3.54. The van der Waals surface area contributed by atoms with Crippen molar-refractivity contribution in [3.63, 3.8) is 0 Å². The second-order valence-corrected chi connectivity index (χ2v) is 5.19. The van der Waals surface area contributed by atoms with Gasteiger partial charge in [-0.15, -0.1) is 0 Å². The molecule has 5 heteroatoms. The van der Waals surface area contributed by atoms with E-state index in [2.05, 4.69) is 10.3 Å². The highest BCUT2D eigenvalue weighted by atomic mass is 35.5. The number of benzene rings is 1. The van der Waals surface area contributed by atoms with Crippen molar-refractivity contribution in [2.75, 3.05) is 0 Å². The molecule has 3 nitrogen and oxygen atoms in total. The number of amides is 1. The Labute approximate surface area is 128 Å². The molecule has 0 saturated carbocycles. The second-order valence-electron chi connectivity index (χ2n) is 4.84. The molecule has 1 atom stereocenters. The molecule has 0 spiro atoms. The Hall–Kier alpha value is -1.94. The number of hydrogen-bond donors (Lipinski definition) is 1. The van der Waals surface area contributed by atoms with Gasteiger partial charge < -0.3 is 5.32 Å². The summed E-state index contributed by atoms with van der Waals surface area (Å²) in [6.45, 7) is 3.97. The van der Waals surface area contributed by atoms with Crippen LogP contribution in [0.25, 0.3) is 0 Å². The summed E-state index contributed by atoms with van der Waals surface area (Å²) >= 11 is 5.85. The van der Waals surface area contributed by atoms with E-state index < -0.39 is 11.7 Å². The van der Waals surface area contributed by atoms with Gasteiger partial charge in [0.15, 0.2) is 0 Å². The molecule has 0 aliphatic rings. The highest BCUT2D eigenvalue weighted by molar-refractivity contribution is 6.32. The van der Waals surface area contributed by atoms with Gasteiger partial charge in [-0.1, -0.05) is 48.4 Å². The number of nitrogens with zero attached hydrogens (tertiary/aromatic N) is 1. The van der Waals surface area contributed by atoms with Crippen LogP contribution >= 0.6 is 11.6 Å². The number of carbonyl (C=O) groups excluding carboxylic acids is 1. The summed E-state index contributed by atoms with van der Waals surface area (Å²) in [5.41, 5.74) is 2.19. The average molecular weight is 307 g/mol. The smallest absolute Gasteiger partial charge is 0.254 e. The van der Waals surface area contributed by atoms with Gasteiger partial charge >= 0.3 is 0 Å². The zero-order valence-electron chi connectivity index (χ0n) is 11.9. The summed E-state index contributed by atoms with van der Waals surface area (Å²) in [5, 5.41) is 2.85. The molecule has 1 unspecified atom stereocenters. The first kappa shape index (κ1) is 15.4. The third kappa shape index (κ3) is 3.79. The molecule has 1 aromatic carbocycles. The van der Waals surface area contributed by atoms with Gasteiger partial charge in [-0.3, -0.25) is 4.79 Å². The van der Waals surface area contributed by atoms with E-state index in [1.807, 2.05) is 38.1 Å². The number of aryl methyl sites for hydroxylation is 1. The molecular formula is C16H16ClFN2O. The fourth-order valence-electron chi connectivity index (χ4n) is 2.04. The van der Waals surface area contributed by atoms with Crippen LogP contribution in [0.3, 0.4) is 0 Å². The van der Waals surface area contributed by atoms with E-state index in [-0.39, 0.29) is 16.8 Å². The van der Waals surface area contributed by atoms with Gasteiger partial charge in [0, 0.05) is 0 Å². The maximum Gasteiger partial charge on any atom is 0.254 e. The summed E-state index contributed by atoms with van der Waals surface area (Å²) in [5.74, 6) is -1.02. The Kier molecular flexibility index (Phi) is 4.91. The number of nitrogens with one attached hydrogen (secondary N) is 1. The number of halogens is 2. The van der Waals surface area contributed by atoms with Crippen molar-refractivity contribution >= 4 is 17.5 Å². The minimum atomic E-state index is -0.590. The molecule has 1 aromatic heterocycles. The van der Waals surface area contributed by atoms with E-state index in [0.29, 0.717) is 0 Å². The van der Waals surface area contributed by atoms with Crippen LogP contribution in [0.15, 0.2) is 36.5 Å². The molecule has 0 radical (unpaired) electrons. The first-order valence-electron chi connectivity index (χ1n) is 6.69. The molecule has 0 saturated heterocycles. The maximum atomic E-state index is 13.2. The number of carbonyl (C=O) groups is 1. The van der Waals surface area contributed by atoms with Crippen LogP contribution in [-0.2, 0) is 0 Å². The third-order valence-electron chi connectivity index (χ3n) is 3.24. The van der Waals surface area contributed by atoms with Crippen LogP contribution in [0, 0.1) is 12.7 Å². The fraction of sp³-hybridized carbons (Fsp3) is 0.250. The minimum absolute atomic E-state index is 0.00680. The van der Waals surface area contributed by atoms with E-state index in [1.165, 1.54) is 0 Å². The van der Waals surface area contributed by atoms with Crippen LogP contribution < -0.4 is 5.32 Å². The summed E-state index contributed by atoms with van der Waals surface area (Å²) in [7, 11) is 0. The topological polar surface area (TPSA) is 42.0 Å². The van der Waals surface area contributed by atoms with E-state index in [4.69, 9.17) is 11.6 Å². The van der Waals surface area contributed by atoms with Gasteiger partial charge in [0.25, 0.3) is 5.91 Å². The van der Waals surface area contributed by atoms with E-state index in [9.17, 15) is 9.18 Å². The standard InChI is InChI=1S/C16H16ClFN2O/c1-3-14(11-6-4-10(2)5-7-11)20-16(21)13-8-12(18)9-19-15(13)17/h4-9,14H,3H2,1-2H3,(H,20,21). The lowest BCUT2D eigenvalue weighted by atomic mass is 10.0. The van der Waals surface area contributed by atoms with Crippen molar-refractivity contribution in [1.82, 2.24) is 10.3 Å². The number of pyridine rings is 1. The van der Waals surface area contributed by atoms with Gasteiger partial charge in [0.2, 0.25) is 0 Å². The quantitative estimate of drug-likeness (QED) is 0.865. The summed E-state index contributed by atoms with van der Waals surface area (Å²) < 4.78 is 13.2. The van der Waals surface area contributed by atoms with Crippen LogP contribution in [0.4, 0.5) is 4.39 Å². The summed E-state index contributed by atoms with van der Waals surface area (Å²) in [6, 6.07) is 8.84. The highest BCUT2D eigenvalue weighted by Crippen LogP contribution is 2.20. The molecule has 1 amide bonds. The van der Waals surface area contributed by atoms with Gasteiger partial charge in [-0.05, 0) is 25.0 Å². The SMILES string of the molecule is CCC(NC(=O)c1cc(F)cnc1Cl)c1ccc(C)cc1. The molecule has 21 heavy (non-hydrogen) atoms. The molecule has 2 aromatic rings. The second kappa shape index (κ2) is 6.68. The largest absolute Gasteiger partial charge is 0.345 e. The van der Waals surface area contributed by atoms with E-state index in [0.717, 1.165) is 29.8 Å². The molecule has 110 valence electrons. The Morgan fingerprint density at radius 2 is 2.05 bits per heavy atom. The molecule has 1 heterocycles. The number of hydrogen-bond acceptors (Lipinski definition) is 2. The Bertz CT molecular complexity index is 643. The monoisotopic (exact) mass is 306 g/mol. The first-order chi connectivity index (χ1) is 10.0.